The number of halogens is 2. The maximum atomic E-state index is 2.55. The van der Waals surface area contributed by atoms with Crippen LogP contribution in [0.15, 0.2) is 63.5 Å². The van der Waals surface area contributed by atoms with E-state index in [9.17, 15) is 0 Å². The van der Waals surface area contributed by atoms with Crippen molar-refractivity contribution in [2.45, 2.75) is 40.2 Å². The van der Waals surface area contributed by atoms with E-state index in [1.807, 2.05) is 17.1 Å². The van der Waals surface area contributed by atoms with Crippen LogP contribution in [0.25, 0.3) is 11.1 Å². The van der Waals surface area contributed by atoms with Gasteiger partial charge in [-0.3, -0.25) is 0 Å². The van der Waals surface area contributed by atoms with Gasteiger partial charge in [0.2, 0.25) is 0 Å². The molecule has 0 aliphatic heterocycles. The summed E-state index contributed by atoms with van der Waals surface area (Å²) in [4.78, 5) is 0. The van der Waals surface area contributed by atoms with Gasteiger partial charge in [0, 0.05) is 0 Å². The third-order valence-electron chi connectivity index (χ3n) is 4.96. The average molecular weight is 482 g/mol. The molecule has 2 aromatic rings. The number of fused-ring (bicyclic) bond motifs is 3. The van der Waals surface area contributed by atoms with E-state index in [1.54, 1.807) is 8.83 Å². The van der Waals surface area contributed by atoms with Crippen molar-refractivity contribution in [1.82, 2.24) is 0 Å². The third-order valence-corrected chi connectivity index (χ3v) is 21.3. The molecule has 4 heteroatoms. The zero-order chi connectivity index (χ0) is 17.1. The van der Waals surface area contributed by atoms with Gasteiger partial charge in [-0.25, -0.2) is 0 Å². The van der Waals surface area contributed by atoms with Crippen LogP contribution in [0.3, 0.4) is 0 Å². The summed E-state index contributed by atoms with van der Waals surface area (Å²) in [7, 11) is 0. The van der Waals surface area contributed by atoms with Crippen molar-refractivity contribution in [2.75, 3.05) is 0 Å². The Balaban J connectivity index is 0.000000818. The first-order chi connectivity index (χ1) is 11.8. The van der Waals surface area contributed by atoms with E-state index in [0.29, 0.717) is 0 Å². The molecule has 0 spiro atoms. The summed E-state index contributed by atoms with van der Waals surface area (Å²) in [6.07, 6.45) is 7.36. The third kappa shape index (κ3) is 4.53. The van der Waals surface area contributed by atoms with E-state index >= 15 is 0 Å². The first-order valence-electron chi connectivity index (χ1n) is 9.22. The van der Waals surface area contributed by atoms with Crippen LogP contribution in [-0.2, 0) is 27.3 Å². The Morgan fingerprint density at radius 3 is 2.27 bits per heavy atom. The maximum absolute atomic E-state index is 2.55. The van der Waals surface area contributed by atoms with Crippen LogP contribution in [0.1, 0.15) is 38.3 Å². The second kappa shape index (κ2) is 10.8. The Labute approximate surface area is 180 Å². The molecule has 0 atom stereocenters. The molecule has 0 unspecified atom stereocenters. The van der Waals surface area contributed by atoms with Crippen LogP contribution < -0.4 is 28.1 Å². The molecule has 2 aromatic carbocycles. The van der Waals surface area contributed by atoms with Crippen molar-refractivity contribution < 1.29 is 45.7 Å². The van der Waals surface area contributed by atoms with Crippen molar-refractivity contribution >= 4 is 9.92 Å². The quantitative estimate of drug-likeness (QED) is 0.417. The molecule has 0 heterocycles. The summed E-state index contributed by atoms with van der Waals surface area (Å²) in [5.41, 5.74) is 7.70. The van der Waals surface area contributed by atoms with Gasteiger partial charge in [-0.2, -0.15) is 0 Å². The van der Waals surface area contributed by atoms with Gasteiger partial charge < -0.3 is 24.8 Å². The minimum atomic E-state index is -1.55. The molecule has 0 bridgehead atoms. The summed E-state index contributed by atoms with van der Waals surface area (Å²) >= 11 is -1.55. The smallest absolute Gasteiger partial charge is 1.00 e. The molecule has 26 heavy (non-hydrogen) atoms. The summed E-state index contributed by atoms with van der Waals surface area (Å²) < 4.78 is 3.65. The van der Waals surface area contributed by atoms with Gasteiger partial charge in [0.25, 0.3) is 0 Å². The number of benzene rings is 2. The minimum absolute atomic E-state index is 0. The van der Waals surface area contributed by atoms with Crippen LogP contribution in [0.4, 0.5) is 0 Å². The molecule has 0 amide bonds. The van der Waals surface area contributed by atoms with Gasteiger partial charge in [-0.1, -0.05) is 13.8 Å². The summed E-state index contributed by atoms with van der Waals surface area (Å²) in [5.74, 6) is 0. The van der Waals surface area contributed by atoms with Gasteiger partial charge in [-0.15, -0.1) is 0 Å². The number of hydrogen-bond donors (Lipinski definition) is 0. The Kier molecular flexibility index (Phi) is 9.83. The van der Waals surface area contributed by atoms with Crippen LogP contribution in [0.5, 0.6) is 0 Å². The Morgan fingerprint density at radius 1 is 0.923 bits per heavy atom. The van der Waals surface area contributed by atoms with E-state index in [-0.39, 0.29) is 31.5 Å². The summed E-state index contributed by atoms with van der Waals surface area (Å²) in [5, 5.41) is 0. The molecular formula is C22H27Cl2SiZr. The number of rotatable bonds is 3. The van der Waals surface area contributed by atoms with Crippen LogP contribution in [0.2, 0.25) is 6.55 Å². The Morgan fingerprint density at radius 2 is 1.62 bits per heavy atom. The van der Waals surface area contributed by atoms with Gasteiger partial charge in [-0.05, 0) is 0 Å². The first-order valence-corrected chi connectivity index (χ1v) is 19.0. The van der Waals surface area contributed by atoms with Crippen LogP contribution in [-0.4, -0.2) is 6.65 Å². The summed E-state index contributed by atoms with van der Waals surface area (Å²) in [6.45, 7) is 8.87. The topological polar surface area (TPSA) is 0 Å². The predicted octanol–water partition coefficient (Wildman–Crippen LogP) is -1.10. The van der Waals surface area contributed by atoms with Gasteiger partial charge in [0.1, 0.15) is 0 Å². The normalized spacial score (nSPS) is 13.5. The van der Waals surface area contributed by atoms with Gasteiger partial charge in [0.15, 0.2) is 0 Å². The molecule has 0 saturated heterocycles. The van der Waals surface area contributed by atoms with E-state index in [1.165, 1.54) is 35.1 Å². The van der Waals surface area contributed by atoms with Crippen molar-refractivity contribution in [2.24, 2.45) is 0 Å². The second-order valence-corrected chi connectivity index (χ2v) is 21.7. The van der Waals surface area contributed by atoms with E-state index in [0.717, 1.165) is 0 Å². The molecule has 0 nitrogen and oxygen atoms in total. The molecule has 0 N–H and O–H groups in total. The zero-order valence-corrected chi connectivity index (χ0v) is 21.5. The van der Waals surface area contributed by atoms with Crippen molar-refractivity contribution in [1.29, 1.82) is 0 Å². The van der Waals surface area contributed by atoms with Crippen LogP contribution in [0, 0.1) is 0 Å². The number of hydrogen-bond acceptors (Lipinski definition) is 0. The monoisotopic (exact) mass is 479 g/mol. The number of allylic oxidation sites excluding steroid dienone is 4. The second-order valence-electron chi connectivity index (χ2n) is 6.32. The standard InChI is InChI=1S/C13H9.C6H7.C2H6.CH5Si.2ClH.Zr/c1-3-7-12-10(5-1)9-11-6-2-4-8-13(11)12;1-6-4-2-3-5-6;2*1-2;;;/h1-5,7-8H,9H2;4-5H,2H2,1H3;1-2H3;2H2,1H3;2*1H;/q;;;;;;+2/p-2. The fourth-order valence-corrected chi connectivity index (χ4v) is 19.2. The maximum Gasteiger partial charge on any atom is -1.00 e. The van der Waals surface area contributed by atoms with E-state index < -0.39 is 20.9 Å². The molecule has 0 radical (unpaired) electrons. The van der Waals surface area contributed by atoms with Gasteiger partial charge >= 0.3 is 143 Å². The fraction of sp³-hybridized carbons (Fsp3) is 0.273. The molecule has 2 aliphatic rings. The molecule has 137 valence electrons. The van der Waals surface area contributed by atoms with Gasteiger partial charge in [0.05, 0.1) is 0 Å². The molecule has 4 rings (SSSR count). The largest absolute Gasteiger partial charge is 1.00 e. The van der Waals surface area contributed by atoms with E-state index in [2.05, 4.69) is 68.1 Å². The fourth-order valence-electron chi connectivity index (χ4n) is 3.90. The van der Waals surface area contributed by atoms with Crippen molar-refractivity contribution in [3.63, 3.8) is 0 Å². The van der Waals surface area contributed by atoms with Crippen LogP contribution >= 0.6 is 0 Å². The average Bonchev–Trinajstić information content (AvgIpc) is 3.22. The molecule has 2 aliphatic carbocycles. The molecule has 0 aromatic heterocycles. The first kappa shape index (κ1) is 23.6. The minimum Gasteiger partial charge on any atom is -1.00 e. The molecule has 0 saturated carbocycles. The predicted molar refractivity (Wildman–Crippen MR) is 107 cm³/mol. The van der Waals surface area contributed by atoms with E-state index in [4.69, 9.17) is 0 Å². The Bertz CT molecular complexity index is 812. The molecule has 0 fully saturated rings. The van der Waals surface area contributed by atoms with Crippen molar-refractivity contribution in [3.8, 4) is 11.1 Å². The zero-order valence-electron chi connectivity index (χ0n) is 16.1. The van der Waals surface area contributed by atoms with Crippen molar-refractivity contribution in [3.05, 3.63) is 74.6 Å². The molecular weight excluding hydrogens is 454 g/mol. The summed E-state index contributed by atoms with van der Waals surface area (Å²) in [6, 6.07) is 16.1. The SMILES string of the molecule is CC.C[SiH2][Zr+2]([C]1=CC(C)=CC1)[c]1cccc2c1Cc1ccccc1-2.[Cl-].[Cl-]. The Hall–Kier alpha value is -0.400.